The summed E-state index contributed by atoms with van der Waals surface area (Å²) in [6, 6.07) is 23.1. The number of ether oxygens (including phenoxy) is 2. The molecule has 0 saturated carbocycles. The molecule has 1 aliphatic rings. The van der Waals surface area contributed by atoms with E-state index in [-0.39, 0.29) is 5.91 Å². The van der Waals surface area contributed by atoms with E-state index >= 15 is 0 Å². The normalized spacial score (nSPS) is 14.6. The van der Waals surface area contributed by atoms with Crippen LogP contribution in [0.1, 0.15) is 24.5 Å². The fourth-order valence-electron chi connectivity index (χ4n) is 3.43. The van der Waals surface area contributed by atoms with Gasteiger partial charge in [0, 0.05) is 5.56 Å². The van der Waals surface area contributed by atoms with Crippen LogP contribution in [-0.2, 0) is 4.79 Å². The average molecular weight is 538 g/mol. The number of carbonyl (C=O) groups is 1. The van der Waals surface area contributed by atoms with Crippen LogP contribution in [0.25, 0.3) is 6.08 Å². The second-order valence-electron chi connectivity index (χ2n) is 7.21. The van der Waals surface area contributed by atoms with Gasteiger partial charge < -0.3 is 9.47 Å². The highest BCUT2D eigenvalue weighted by molar-refractivity contribution is 14.1. The van der Waals surface area contributed by atoms with Crippen LogP contribution in [0.5, 0.6) is 11.5 Å². The number of para-hydroxylation sites is 1. The smallest absolute Gasteiger partial charge is 0.281 e. The quantitative estimate of drug-likeness (QED) is 0.277. The Morgan fingerprint density at radius 3 is 2.38 bits per heavy atom. The van der Waals surface area contributed by atoms with Crippen molar-refractivity contribution in [3.63, 3.8) is 0 Å². The number of hydrogen-bond donors (Lipinski definition) is 0. The molecule has 6 heteroatoms. The minimum atomic E-state index is -0.171. The first kappa shape index (κ1) is 22.1. The van der Waals surface area contributed by atoms with Crippen molar-refractivity contribution >= 4 is 46.0 Å². The summed E-state index contributed by atoms with van der Waals surface area (Å²) in [5.41, 5.74) is 3.62. The Morgan fingerprint density at radius 2 is 1.72 bits per heavy atom. The largest absolute Gasteiger partial charge is 0.493 e. The van der Waals surface area contributed by atoms with Crippen LogP contribution in [0, 0.1) is 3.57 Å². The molecule has 0 bridgehead atoms. The molecule has 0 unspecified atom stereocenters. The summed E-state index contributed by atoms with van der Waals surface area (Å²) in [6.07, 6.45) is 2.77. The fraction of sp³-hybridized carbons (Fsp3) is 0.154. The third kappa shape index (κ3) is 4.55. The van der Waals surface area contributed by atoms with Crippen molar-refractivity contribution in [2.75, 3.05) is 18.7 Å². The third-order valence-electron chi connectivity index (χ3n) is 4.94. The van der Waals surface area contributed by atoms with Gasteiger partial charge in [-0.3, -0.25) is 4.79 Å². The van der Waals surface area contributed by atoms with E-state index in [1.54, 1.807) is 7.11 Å². The molecule has 0 spiro atoms. The molecule has 0 radical (unpaired) electrons. The maximum atomic E-state index is 13.4. The van der Waals surface area contributed by atoms with Gasteiger partial charge in [-0.2, -0.15) is 10.1 Å². The van der Waals surface area contributed by atoms with Gasteiger partial charge in [-0.1, -0.05) is 55.5 Å². The highest BCUT2D eigenvalue weighted by atomic mass is 127. The molecule has 3 aromatic carbocycles. The predicted octanol–water partition coefficient (Wildman–Crippen LogP) is 5.92. The Morgan fingerprint density at radius 1 is 1.03 bits per heavy atom. The van der Waals surface area contributed by atoms with Crippen molar-refractivity contribution in [3.05, 3.63) is 93.1 Å². The first-order chi connectivity index (χ1) is 15.6. The van der Waals surface area contributed by atoms with Gasteiger partial charge >= 0.3 is 0 Å². The van der Waals surface area contributed by atoms with E-state index in [1.165, 1.54) is 5.01 Å². The highest BCUT2D eigenvalue weighted by Gasteiger charge is 2.32. The molecule has 0 atom stereocenters. The summed E-state index contributed by atoms with van der Waals surface area (Å²) in [4.78, 5) is 13.4. The van der Waals surface area contributed by atoms with Gasteiger partial charge in [0.05, 0.1) is 28.5 Å². The summed E-state index contributed by atoms with van der Waals surface area (Å²) >= 11 is 2.24. The monoisotopic (exact) mass is 538 g/mol. The summed E-state index contributed by atoms with van der Waals surface area (Å²) in [7, 11) is 1.62. The van der Waals surface area contributed by atoms with Crippen molar-refractivity contribution in [2.45, 2.75) is 13.3 Å². The summed E-state index contributed by atoms with van der Waals surface area (Å²) in [5, 5.41) is 6.14. The zero-order valence-electron chi connectivity index (χ0n) is 17.9. The van der Waals surface area contributed by atoms with Crippen molar-refractivity contribution < 1.29 is 14.3 Å². The number of carbonyl (C=O) groups excluding carboxylic acids is 1. The zero-order chi connectivity index (χ0) is 22.5. The molecule has 0 aliphatic carbocycles. The number of anilines is 1. The van der Waals surface area contributed by atoms with Gasteiger partial charge in [-0.25, -0.2) is 0 Å². The number of nitrogens with zero attached hydrogens (tertiary/aromatic N) is 2. The van der Waals surface area contributed by atoms with E-state index in [0.29, 0.717) is 23.6 Å². The zero-order valence-corrected chi connectivity index (χ0v) is 20.1. The third-order valence-corrected chi connectivity index (χ3v) is 5.74. The van der Waals surface area contributed by atoms with E-state index in [2.05, 4.69) is 34.6 Å². The average Bonchev–Trinajstić information content (AvgIpc) is 3.15. The molecule has 1 amide bonds. The Labute approximate surface area is 201 Å². The molecule has 162 valence electrons. The molecule has 0 fully saturated rings. The van der Waals surface area contributed by atoms with Crippen molar-refractivity contribution in [3.8, 4) is 11.5 Å². The molecule has 1 heterocycles. The number of hydrazone groups is 1. The van der Waals surface area contributed by atoms with Crippen LogP contribution < -0.4 is 14.5 Å². The van der Waals surface area contributed by atoms with E-state index < -0.39 is 0 Å². The lowest BCUT2D eigenvalue weighted by atomic mass is 10.00. The van der Waals surface area contributed by atoms with Crippen molar-refractivity contribution in [1.29, 1.82) is 0 Å². The van der Waals surface area contributed by atoms with E-state index in [1.807, 2.05) is 78.9 Å². The van der Waals surface area contributed by atoms with Gasteiger partial charge in [0.15, 0.2) is 11.5 Å². The maximum Gasteiger partial charge on any atom is 0.281 e. The molecule has 4 rings (SSSR count). The van der Waals surface area contributed by atoms with Crippen molar-refractivity contribution in [1.82, 2.24) is 0 Å². The van der Waals surface area contributed by atoms with E-state index in [9.17, 15) is 4.79 Å². The maximum absolute atomic E-state index is 13.4. The highest BCUT2D eigenvalue weighted by Crippen LogP contribution is 2.36. The van der Waals surface area contributed by atoms with E-state index in [0.717, 1.165) is 32.6 Å². The second kappa shape index (κ2) is 9.99. The van der Waals surface area contributed by atoms with Crippen LogP contribution >= 0.6 is 22.6 Å². The van der Waals surface area contributed by atoms with Crippen LogP contribution in [0.15, 0.2) is 83.5 Å². The van der Waals surface area contributed by atoms with Gasteiger partial charge in [0.25, 0.3) is 5.91 Å². The summed E-state index contributed by atoms with van der Waals surface area (Å²) in [5.74, 6) is 1.19. The standard InChI is InChI=1S/C26H23IN2O3/c1-3-14-32-25-22(27)16-18(17-23(25)31-2)15-21-24(19-10-6-4-7-11-19)28-29(26(21)30)20-12-8-5-9-13-20/h4-13,15-17H,3,14H2,1-2H3/b21-15-. The Kier molecular flexibility index (Phi) is 6.90. The Hall–Kier alpha value is -3.13. The minimum absolute atomic E-state index is 0.171. The molecule has 0 saturated heterocycles. The second-order valence-corrected chi connectivity index (χ2v) is 8.37. The first-order valence-corrected chi connectivity index (χ1v) is 11.5. The fourth-order valence-corrected chi connectivity index (χ4v) is 4.21. The van der Waals surface area contributed by atoms with Crippen LogP contribution in [0.4, 0.5) is 5.69 Å². The predicted molar refractivity (Wildman–Crippen MR) is 136 cm³/mol. The van der Waals surface area contributed by atoms with Gasteiger partial charge in [0.1, 0.15) is 5.71 Å². The van der Waals surface area contributed by atoms with Crippen LogP contribution in [0.2, 0.25) is 0 Å². The summed E-state index contributed by atoms with van der Waals surface area (Å²) in [6.45, 7) is 2.68. The number of hydrogen-bond acceptors (Lipinski definition) is 4. The van der Waals surface area contributed by atoms with Gasteiger partial charge in [0.2, 0.25) is 0 Å². The molecular weight excluding hydrogens is 515 g/mol. The lowest BCUT2D eigenvalue weighted by Crippen LogP contribution is -2.21. The molecule has 5 nitrogen and oxygen atoms in total. The SMILES string of the molecule is CCCOc1c(I)cc(/C=C2\C(=O)N(c3ccccc3)N=C2c2ccccc2)cc1OC. The van der Waals surface area contributed by atoms with E-state index in [4.69, 9.17) is 9.47 Å². The first-order valence-electron chi connectivity index (χ1n) is 10.4. The van der Waals surface area contributed by atoms with Crippen LogP contribution in [-0.4, -0.2) is 25.3 Å². The molecular formula is C26H23IN2O3. The van der Waals surface area contributed by atoms with Gasteiger partial charge in [-0.15, -0.1) is 0 Å². The molecule has 0 N–H and O–H groups in total. The molecule has 32 heavy (non-hydrogen) atoms. The summed E-state index contributed by atoms with van der Waals surface area (Å²) < 4.78 is 12.4. The lowest BCUT2D eigenvalue weighted by Gasteiger charge is -2.13. The minimum Gasteiger partial charge on any atom is -0.493 e. The number of benzene rings is 3. The lowest BCUT2D eigenvalue weighted by molar-refractivity contribution is -0.114. The number of methoxy groups -OCH3 is 1. The topological polar surface area (TPSA) is 51.1 Å². The van der Waals surface area contributed by atoms with Crippen LogP contribution in [0.3, 0.4) is 0 Å². The Balaban J connectivity index is 1.79. The number of amides is 1. The molecule has 0 aromatic heterocycles. The number of rotatable bonds is 7. The van der Waals surface area contributed by atoms with Crippen molar-refractivity contribution in [2.24, 2.45) is 5.10 Å². The molecule has 1 aliphatic heterocycles. The Bertz CT molecular complexity index is 1170. The van der Waals surface area contributed by atoms with Gasteiger partial charge in [-0.05, 0) is 64.9 Å². The molecule has 3 aromatic rings. The number of halogens is 1.